The van der Waals surface area contributed by atoms with Gasteiger partial charge in [0, 0.05) is 13.1 Å². The first-order valence-electron chi connectivity index (χ1n) is 12.1. The van der Waals surface area contributed by atoms with E-state index in [1.165, 1.54) is 9.80 Å². The first-order chi connectivity index (χ1) is 15.8. The number of hydrogen-bond acceptors (Lipinski definition) is 7. The zero-order valence-corrected chi connectivity index (χ0v) is 19.4. The summed E-state index contributed by atoms with van der Waals surface area (Å²) in [6.45, 7) is 1.78. The summed E-state index contributed by atoms with van der Waals surface area (Å²) >= 11 is 0. The predicted octanol–water partition coefficient (Wildman–Crippen LogP) is -0.877. The smallest absolute Gasteiger partial charge is 0.326 e. The number of hydrogen-bond donors (Lipinski definition) is 5. The monoisotopic (exact) mass is 468 g/mol. The molecule has 2 saturated heterocycles. The number of carbonyl (C=O) groups is 4. The van der Waals surface area contributed by atoms with Gasteiger partial charge in [0.05, 0.1) is 6.04 Å². The third-order valence-corrected chi connectivity index (χ3v) is 6.51. The van der Waals surface area contributed by atoms with Gasteiger partial charge in [-0.3, -0.25) is 14.4 Å². The molecule has 11 nitrogen and oxygen atoms in total. The molecule has 11 heteroatoms. The zero-order chi connectivity index (χ0) is 24.4. The zero-order valence-electron chi connectivity index (χ0n) is 19.4. The number of likely N-dealkylation sites (tertiary alicyclic amines) is 2. The van der Waals surface area contributed by atoms with Crippen LogP contribution in [0.5, 0.6) is 0 Å². The molecule has 0 saturated carbocycles. The number of carboxylic acid groups (broad SMARTS) is 1. The lowest BCUT2D eigenvalue weighted by molar-refractivity contribution is -0.152. The lowest BCUT2D eigenvalue weighted by atomic mass is 10.0. The molecule has 2 aliphatic rings. The minimum absolute atomic E-state index is 0.323. The normalized spacial score (nSPS) is 22.3. The fourth-order valence-corrected chi connectivity index (χ4v) is 4.63. The largest absolute Gasteiger partial charge is 0.480 e. The van der Waals surface area contributed by atoms with E-state index >= 15 is 0 Å². The fraction of sp³-hybridized carbons (Fsp3) is 0.818. The number of nitrogens with two attached hydrogens (primary N) is 3. The van der Waals surface area contributed by atoms with E-state index in [1.54, 1.807) is 0 Å². The van der Waals surface area contributed by atoms with Crippen LogP contribution in [0.15, 0.2) is 0 Å². The second-order valence-corrected chi connectivity index (χ2v) is 8.95. The van der Waals surface area contributed by atoms with Gasteiger partial charge in [-0.2, -0.15) is 0 Å². The molecule has 188 valence electrons. The highest BCUT2D eigenvalue weighted by molar-refractivity contribution is 5.94. The van der Waals surface area contributed by atoms with Crippen LogP contribution >= 0.6 is 0 Å². The molecule has 2 rings (SSSR count). The Balaban J connectivity index is 2.09. The second-order valence-electron chi connectivity index (χ2n) is 8.95. The average Bonchev–Trinajstić information content (AvgIpc) is 3.47. The van der Waals surface area contributed by atoms with Gasteiger partial charge in [0.15, 0.2) is 0 Å². The van der Waals surface area contributed by atoms with Crippen molar-refractivity contribution in [1.82, 2.24) is 15.1 Å². The second kappa shape index (κ2) is 13.5. The molecule has 2 aliphatic heterocycles. The van der Waals surface area contributed by atoms with Crippen LogP contribution in [0.25, 0.3) is 0 Å². The van der Waals surface area contributed by atoms with E-state index in [9.17, 15) is 24.3 Å². The van der Waals surface area contributed by atoms with E-state index in [1.807, 2.05) is 0 Å². The van der Waals surface area contributed by atoms with Gasteiger partial charge in [-0.1, -0.05) is 6.42 Å². The van der Waals surface area contributed by atoms with Crippen molar-refractivity contribution in [2.45, 2.75) is 88.4 Å². The molecule has 2 fully saturated rings. The number of carboxylic acids is 1. The van der Waals surface area contributed by atoms with E-state index in [0.717, 1.165) is 12.8 Å². The van der Waals surface area contributed by atoms with Crippen molar-refractivity contribution in [2.75, 3.05) is 26.2 Å². The quantitative estimate of drug-likeness (QED) is 0.216. The van der Waals surface area contributed by atoms with Gasteiger partial charge in [-0.25, -0.2) is 4.79 Å². The van der Waals surface area contributed by atoms with Gasteiger partial charge in [-0.05, 0) is 70.9 Å². The summed E-state index contributed by atoms with van der Waals surface area (Å²) < 4.78 is 0. The van der Waals surface area contributed by atoms with Gasteiger partial charge in [0.25, 0.3) is 0 Å². The molecule has 0 aromatic heterocycles. The molecule has 0 aromatic carbocycles. The third-order valence-electron chi connectivity index (χ3n) is 6.51. The van der Waals surface area contributed by atoms with E-state index in [0.29, 0.717) is 77.5 Å². The average molecular weight is 469 g/mol. The van der Waals surface area contributed by atoms with Crippen LogP contribution in [0.2, 0.25) is 0 Å². The van der Waals surface area contributed by atoms with Gasteiger partial charge >= 0.3 is 5.97 Å². The summed E-state index contributed by atoms with van der Waals surface area (Å²) in [4.78, 5) is 53.7. The first kappa shape index (κ1) is 27.0. The highest BCUT2D eigenvalue weighted by Gasteiger charge is 2.43. The van der Waals surface area contributed by atoms with E-state index in [4.69, 9.17) is 17.2 Å². The van der Waals surface area contributed by atoms with Crippen LogP contribution in [-0.4, -0.2) is 88.9 Å². The van der Waals surface area contributed by atoms with E-state index < -0.39 is 36.0 Å². The topological polar surface area (TPSA) is 185 Å². The molecule has 4 atom stereocenters. The molecule has 0 aromatic rings. The summed E-state index contributed by atoms with van der Waals surface area (Å²) in [6, 6.07) is -3.09. The Morgan fingerprint density at radius 2 is 1.45 bits per heavy atom. The molecule has 0 aliphatic carbocycles. The van der Waals surface area contributed by atoms with Gasteiger partial charge in [-0.15, -0.1) is 0 Å². The molecule has 33 heavy (non-hydrogen) atoms. The summed E-state index contributed by atoms with van der Waals surface area (Å²) in [5.74, 6) is -2.06. The van der Waals surface area contributed by atoms with E-state index in [-0.39, 0.29) is 11.8 Å². The highest BCUT2D eigenvalue weighted by atomic mass is 16.4. The van der Waals surface area contributed by atoms with Gasteiger partial charge < -0.3 is 37.4 Å². The SMILES string of the molecule is NCCCCC(N)C(=O)NC(CCCCN)C(=O)N1CCCC1C(=O)N1CCCC1C(=O)O. The molecule has 3 amide bonds. The van der Waals surface area contributed by atoms with Crippen molar-refractivity contribution in [1.29, 1.82) is 0 Å². The number of carbonyl (C=O) groups excluding carboxylic acids is 3. The Bertz CT molecular complexity index is 690. The van der Waals surface area contributed by atoms with Crippen LogP contribution in [0.1, 0.15) is 64.2 Å². The van der Waals surface area contributed by atoms with Crippen LogP contribution in [0.4, 0.5) is 0 Å². The van der Waals surface area contributed by atoms with Crippen molar-refractivity contribution in [2.24, 2.45) is 17.2 Å². The van der Waals surface area contributed by atoms with Crippen LogP contribution in [-0.2, 0) is 19.2 Å². The Morgan fingerprint density at radius 3 is 2.06 bits per heavy atom. The van der Waals surface area contributed by atoms with Crippen molar-refractivity contribution in [3.8, 4) is 0 Å². The summed E-state index contributed by atoms with van der Waals surface area (Å²) in [5.41, 5.74) is 17.1. The Morgan fingerprint density at radius 1 is 0.879 bits per heavy atom. The summed E-state index contributed by atoms with van der Waals surface area (Å²) in [6.07, 6.45) is 5.90. The molecular weight excluding hydrogens is 428 g/mol. The highest BCUT2D eigenvalue weighted by Crippen LogP contribution is 2.26. The lowest BCUT2D eigenvalue weighted by Gasteiger charge is -2.32. The molecule has 0 spiro atoms. The number of nitrogens with one attached hydrogen (secondary N) is 1. The Kier molecular flexibility index (Phi) is 11.0. The molecule has 2 heterocycles. The lowest BCUT2D eigenvalue weighted by Crippen LogP contribution is -2.56. The number of unbranched alkanes of at least 4 members (excludes halogenated alkanes) is 2. The minimum atomic E-state index is -1.02. The number of rotatable bonds is 13. The Hall–Kier alpha value is -2.24. The predicted molar refractivity (Wildman–Crippen MR) is 123 cm³/mol. The number of nitrogens with zero attached hydrogens (tertiary/aromatic N) is 2. The van der Waals surface area contributed by atoms with Crippen LogP contribution in [0.3, 0.4) is 0 Å². The van der Waals surface area contributed by atoms with E-state index in [2.05, 4.69) is 5.32 Å². The van der Waals surface area contributed by atoms with Gasteiger partial charge in [0.2, 0.25) is 17.7 Å². The van der Waals surface area contributed by atoms with Crippen molar-refractivity contribution in [3.05, 3.63) is 0 Å². The van der Waals surface area contributed by atoms with Crippen LogP contribution in [0, 0.1) is 0 Å². The molecule has 0 bridgehead atoms. The van der Waals surface area contributed by atoms with Crippen LogP contribution < -0.4 is 22.5 Å². The first-order valence-corrected chi connectivity index (χ1v) is 12.1. The maximum atomic E-state index is 13.4. The standard InChI is InChI=1S/C22H40N6O5/c23-11-3-1-7-15(25)19(29)26-16(8-2-4-12-24)20(30)27-13-5-9-17(27)21(31)28-14-6-10-18(28)22(32)33/h15-18H,1-14,23-25H2,(H,26,29)(H,32,33). The van der Waals surface area contributed by atoms with Crippen molar-refractivity contribution in [3.63, 3.8) is 0 Å². The number of amides is 3. The van der Waals surface area contributed by atoms with Crippen molar-refractivity contribution >= 4 is 23.7 Å². The molecule has 8 N–H and O–H groups in total. The van der Waals surface area contributed by atoms with Crippen molar-refractivity contribution < 1.29 is 24.3 Å². The molecule has 0 radical (unpaired) electrons. The van der Waals surface area contributed by atoms with Gasteiger partial charge in [0.1, 0.15) is 18.1 Å². The molecule has 4 unspecified atom stereocenters. The summed E-state index contributed by atoms with van der Waals surface area (Å²) in [7, 11) is 0. The third kappa shape index (κ3) is 7.38. The Labute approximate surface area is 195 Å². The minimum Gasteiger partial charge on any atom is -0.480 e. The number of aliphatic carboxylic acids is 1. The summed E-state index contributed by atoms with van der Waals surface area (Å²) in [5, 5.41) is 12.2. The molecular formula is C22H40N6O5. The maximum absolute atomic E-state index is 13.4. The fourth-order valence-electron chi connectivity index (χ4n) is 4.63. The maximum Gasteiger partial charge on any atom is 0.326 e.